The van der Waals surface area contributed by atoms with Crippen LogP contribution >= 0.6 is 27.5 Å². The molecule has 21 heavy (non-hydrogen) atoms. The molecule has 0 N–H and O–H groups in total. The molecule has 1 saturated heterocycles. The number of fused-ring (bicyclic) bond motifs is 1. The number of hydrogen-bond acceptors (Lipinski definition) is 4. The van der Waals surface area contributed by atoms with E-state index in [2.05, 4.69) is 21.0 Å². The molecule has 1 atom stereocenters. The lowest BCUT2D eigenvalue weighted by Gasteiger charge is -2.22. The second-order valence-electron chi connectivity index (χ2n) is 4.74. The van der Waals surface area contributed by atoms with Crippen molar-refractivity contribution in [3.05, 3.63) is 31.6 Å². The van der Waals surface area contributed by atoms with Gasteiger partial charge in [0, 0.05) is 18.2 Å². The number of nitro groups is 1. The average molecular weight is 379 g/mol. The van der Waals surface area contributed by atoms with Crippen LogP contribution in [0.3, 0.4) is 0 Å². The molecule has 1 fully saturated rings. The van der Waals surface area contributed by atoms with Crippen molar-refractivity contribution in [1.29, 1.82) is 0 Å². The highest BCUT2D eigenvalue weighted by Crippen LogP contribution is 2.40. The van der Waals surface area contributed by atoms with Crippen molar-refractivity contribution < 1.29 is 14.1 Å². The van der Waals surface area contributed by atoms with Crippen LogP contribution in [0.4, 0.5) is 10.1 Å². The summed E-state index contributed by atoms with van der Waals surface area (Å²) in [6, 6.07) is 0. The zero-order chi connectivity index (χ0) is 15.1. The highest BCUT2D eigenvalue weighted by molar-refractivity contribution is 9.10. The summed E-state index contributed by atoms with van der Waals surface area (Å²) in [7, 11) is 0. The van der Waals surface area contributed by atoms with Gasteiger partial charge in [-0.2, -0.15) is 9.49 Å². The van der Waals surface area contributed by atoms with Crippen LogP contribution < -0.4 is 0 Å². The Bertz CT molecular complexity index is 730. The van der Waals surface area contributed by atoms with Gasteiger partial charge in [0.15, 0.2) is 5.52 Å². The molecule has 2 heterocycles. The molecule has 0 radical (unpaired) electrons. The van der Waals surface area contributed by atoms with E-state index in [1.807, 2.05) is 0 Å². The van der Waals surface area contributed by atoms with Crippen LogP contribution in [-0.4, -0.2) is 21.3 Å². The van der Waals surface area contributed by atoms with Crippen molar-refractivity contribution in [1.82, 2.24) is 9.78 Å². The van der Waals surface area contributed by atoms with Crippen molar-refractivity contribution in [2.75, 3.05) is 6.61 Å². The Morgan fingerprint density at radius 2 is 2.33 bits per heavy atom. The van der Waals surface area contributed by atoms with Gasteiger partial charge in [-0.1, -0.05) is 11.6 Å². The average Bonchev–Trinajstić information content (AvgIpc) is 2.90. The first-order valence-corrected chi connectivity index (χ1v) is 7.49. The molecule has 6 nitrogen and oxygen atoms in total. The fourth-order valence-electron chi connectivity index (χ4n) is 2.40. The van der Waals surface area contributed by atoms with Gasteiger partial charge in [0.05, 0.1) is 14.4 Å². The molecule has 9 heteroatoms. The fourth-order valence-corrected chi connectivity index (χ4v) is 3.05. The smallest absolute Gasteiger partial charge is 0.334 e. The molecule has 2 aromatic rings. The number of aromatic nitrogens is 2. The largest absolute Gasteiger partial charge is 0.357 e. The first-order valence-electron chi connectivity index (χ1n) is 6.32. The molecule has 112 valence electrons. The predicted octanol–water partition coefficient (Wildman–Crippen LogP) is 4.20. The molecule has 1 aliphatic heterocycles. The Morgan fingerprint density at radius 3 is 2.95 bits per heavy atom. The van der Waals surface area contributed by atoms with Crippen LogP contribution in [0.25, 0.3) is 10.9 Å². The first-order chi connectivity index (χ1) is 10.0. The topological polar surface area (TPSA) is 70.2 Å². The predicted molar refractivity (Wildman–Crippen MR) is 77.9 cm³/mol. The van der Waals surface area contributed by atoms with Crippen LogP contribution in [0.15, 0.2) is 10.7 Å². The SMILES string of the molecule is O=[N+]([O-])c1c(F)c(Cl)c(Br)c2cn(C3CCCCO3)nc12. The number of nitrogens with zero attached hydrogens (tertiary/aromatic N) is 3. The zero-order valence-corrected chi connectivity index (χ0v) is 13.0. The van der Waals surface area contributed by atoms with Gasteiger partial charge in [-0.05, 0) is 35.2 Å². The standard InChI is InChI=1S/C12H10BrClFN3O3/c13-8-6-5-17(7-3-1-2-4-21-7)16-11(6)12(18(19)20)10(15)9(8)14/h5,7H,1-4H2. The molecular weight excluding hydrogens is 369 g/mol. The number of ether oxygens (including phenoxy) is 1. The Hall–Kier alpha value is -1.25. The van der Waals surface area contributed by atoms with Crippen molar-refractivity contribution in [2.24, 2.45) is 0 Å². The molecule has 1 unspecified atom stereocenters. The molecule has 1 aliphatic rings. The third-order valence-electron chi connectivity index (χ3n) is 3.42. The quantitative estimate of drug-likeness (QED) is 0.446. The van der Waals surface area contributed by atoms with E-state index in [0.29, 0.717) is 12.0 Å². The van der Waals surface area contributed by atoms with Gasteiger partial charge in [-0.25, -0.2) is 4.68 Å². The van der Waals surface area contributed by atoms with Crippen LogP contribution in [0.5, 0.6) is 0 Å². The van der Waals surface area contributed by atoms with Gasteiger partial charge in [0.2, 0.25) is 5.82 Å². The summed E-state index contributed by atoms with van der Waals surface area (Å²) in [5, 5.41) is 15.3. The molecule has 1 aromatic heterocycles. The number of hydrogen-bond donors (Lipinski definition) is 0. The number of nitro benzene ring substituents is 1. The van der Waals surface area contributed by atoms with E-state index in [0.717, 1.165) is 19.3 Å². The van der Waals surface area contributed by atoms with Gasteiger partial charge in [-0.15, -0.1) is 0 Å². The molecule has 0 spiro atoms. The van der Waals surface area contributed by atoms with E-state index >= 15 is 0 Å². The van der Waals surface area contributed by atoms with Crippen LogP contribution in [-0.2, 0) is 4.74 Å². The summed E-state index contributed by atoms with van der Waals surface area (Å²) in [6.45, 7) is 0.610. The highest BCUT2D eigenvalue weighted by atomic mass is 79.9. The van der Waals surface area contributed by atoms with Gasteiger partial charge < -0.3 is 4.74 Å². The molecule has 0 saturated carbocycles. The minimum Gasteiger partial charge on any atom is -0.357 e. The molecule has 3 rings (SSSR count). The first kappa shape index (κ1) is 14.7. The van der Waals surface area contributed by atoms with Crippen LogP contribution in [0.1, 0.15) is 25.5 Å². The summed E-state index contributed by atoms with van der Waals surface area (Å²) in [4.78, 5) is 10.3. The summed E-state index contributed by atoms with van der Waals surface area (Å²) >= 11 is 8.97. The minimum atomic E-state index is -1.09. The van der Waals surface area contributed by atoms with Gasteiger partial charge in [0.1, 0.15) is 6.23 Å². The summed E-state index contributed by atoms with van der Waals surface area (Å²) in [5.41, 5.74) is -0.754. The lowest BCUT2D eigenvalue weighted by molar-refractivity contribution is -0.385. The van der Waals surface area contributed by atoms with Gasteiger partial charge in [0.25, 0.3) is 0 Å². The second-order valence-corrected chi connectivity index (χ2v) is 5.91. The van der Waals surface area contributed by atoms with Crippen LogP contribution in [0.2, 0.25) is 5.02 Å². The van der Waals surface area contributed by atoms with Crippen molar-refractivity contribution in [2.45, 2.75) is 25.5 Å². The fraction of sp³-hybridized carbons (Fsp3) is 0.417. The van der Waals surface area contributed by atoms with E-state index in [9.17, 15) is 14.5 Å². The van der Waals surface area contributed by atoms with E-state index in [4.69, 9.17) is 16.3 Å². The molecule has 1 aromatic carbocycles. The van der Waals surface area contributed by atoms with E-state index < -0.39 is 16.4 Å². The second kappa shape index (κ2) is 5.51. The summed E-state index contributed by atoms with van der Waals surface area (Å²) in [6.07, 6.45) is 4.02. The summed E-state index contributed by atoms with van der Waals surface area (Å²) in [5.74, 6) is -1.09. The number of halogens is 3. The normalized spacial score (nSPS) is 19.1. The lowest BCUT2D eigenvalue weighted by atomic mass is 10.2. The molecular formula is C12H10BrClFN3O3. The van der Waals surface area contributed by atoms with Gasteiger partial charge in [-0.3, -0.25) is 10.1 Å². The Balaban J connectivity index is 2.22. The summed E-state index contributed by atoms with van der Waals surface area (Å²) < 4.78 is 21.3. The van der Waals surface area contributed by atoms with E-state index in [-0.39, 0.29) is 21.2 Å². The van der Waals surface area contributed by atoms with Crippen molar-refractivity contribution in [3.8, 4) is 0 Å². The lowest BCUT2D eigenvalue weighted by Crippen LogP contribution is -2.18. The Labute approximate surface area is 132 Å². The van der Waals surface area contributed by atoms with E-state index in [1.54, 1.807) is 6.20 Å². The number of benzene rings is 1. The highest BCUT2D eigenvalue weighted by Gasteiger charge is 2.29. The Kier molecular flexibility index (Phi) is 3.85. The Morgan fingerprint density at radius 1 is 1.57 bits per heavy atom. The van der Waals surface area contributed by atoms with Gasteiger partial charge >= 0.3 is 5.69 Å². The molecule has 0 aliphatic carbocycles. The van der Waals surface area contributed by atoms with Crippen LogP contribution in [0, 0.1) is 15.9 Å². The maximum absolute atomic E-state index is 14.0. The molecule has 0 bridgehead atoms. The van der Waals surface area contributed by atoms with Crippen molar-refractivity contribution >= 4 is 44.1 Å². The number of rotatable bonds is 2. The maximum Gasteiger partial charge on any atom is 0.334 e. The van der Waals surface area contributed by atoms with Crippen molar-refractivity contribution in [3.63, 3.8) is 0 Å². The minimum absolute atomic E-state index is 0.0389. The third kappa shape index (κ3) is 2.41. The van der Waals surface area contributed by atoms with E-state index in [1.165, 1.54) is 4.68 Å². The molecule has 0 amide bonds. The monoisotopic (exact) mass is 377 g/mol. The third-order valence-corrected chi connectivity index (χ3v) is 4.83. The zero-order valence-electron chi connectivity index (χ0n) is 10.7. The maximum atomic E-state index is 14.0.